The molecule has 0 unspecified atom stereocenters. The quantitative estimate of drug-likeness (QED) is 0.545. The van der Waals surface area contributed by atoms with E-state index in [0.717, 1.165) is 28.6 Å². The highest BCUT2D eigenvalue weighted by atomic mass is 32.2. The Hall–Kier alpha value is -2.16. The predicted molar refractivity (Wildman–Crippen MR) is 113 cm³/mol. The fraction of sp³-hybridized carbons (Fsp3) is 0.300. The van der Waals surface area contributed by atoms with Gasteiger partial charge in [-0.1, -0.05) is 43.0 Å². The van der Waals surface area contributed by atoms with Crippen molar-refractivity contribution in [3.8, 4) is 17.1 Å². The summed E-state index contributed by atoms with van der Waals surface area (Å²) in [6.07, 6.45) is 1.03. The topological polar surface area (TPSA) is 68.1 Å². The van der Waals surface area contributed by atoms with E-state index >= 15 is 0 Å². The van der Waals surface area contributed by atoms with Gasteiger partial charge in [-0.15, -0.1) is 10.2 Å². The summed E-state index contributed by atoms with van der Waals surface area (Å²) < 4.78 is 28.3. The summed E-state index contributed by atoms with van der Waals surface area (Å²) in [5, 5.41) is 9.57. The molecule has 0 aliphatic carbocycles. The molecule has 0 aliphatic rings. The second-order valence-electron chi connectivity index (χ2n) is 6.64. The Kier molecular flexibility index (Phi) is 6.22. The van der Waals surface area contributed by atoms with Crippen LogP contribution in [-0.4, -0.2) is 47.3 Å². The van der Waals surface area contributed by atoms with Gasteiger partial charge in [-0.25, -0.2) is 12.7 Å². The number of sulfonamides is 1. The van der Waals surface area contributed by atoms with Gasteiger partial charge in [-0.05, 0) is 43.2 Å². The third-order valence-electron chi connectivity index (χ3n) is 4.20. The van der Waals surface area contributed by atoms with Crippen LogP contribution in [0.5, 0.6) is 0 Å². The van der Waals surface area contributed by atoms with Crippen LogP contribution >= 0.6 is 11.8 Å². The van der Waals surface area contributed by atoms with E-state index in [9.17, 15) is 8.42 Å². The smallest absolute Gasteiger partial charge is 0.242 e. The largest absolute Gasteiger partial charge is 0.270 e. The number of aryl methyl sites for hydroxylation is 1. The van der Waals surface area contributed by atoms with Crippen LogP contribution in [0, 0.1) is 6.92 Å². The summed E-state index contributed by atoms with van der Waals surface area (Å²) in [7, 11) is -0.479. The number of aromatic nitrogens is 3. The summed E-state index contributed by atoms with van der Waals surface area (Å²) in [6, 6.07) is 15.0. The maximum absolute atomic E-state index is 12.5. The van der Waals surface area contributed by atoms with Gasteiger partial charge in [0.15, 0.2) is 11.0 Å². The molecule has 0 saturated carbocycles. The van der Waals surface area contributed by atoms with Crippen molar-refractivity contribution in [2.75, 3.05) is 19.8 Å². The van der Waals surface area contributed by atoms with Crippen LogP contribution in [0.3, 0.4) is 0 Å². The number of thioether (sulfide) groups is 1. The maximum Gasteiger partial charge on any atom is 0.242 e. The summed E-state index contributed by atoms with van der Waals surface area (Å²) in [6.45, 7) is 4.16. The van der Waals surface area contributed by atoms with Crippen LogP contribution in [0.4, 0.5) is 0 Å². The molecule has 0 amide bonds. The molecule has 0 fully saturated rings. The molecule has 0 bridgehead atoms. The molecule has 8 heteroatoms. The van der Waals surface area contributed by atoms with Gasteiger partial charge in [0.25, 0.3) is 0 Å². The number of hydrogen-bond acceptors (Lipinski definition) is 5. The Bertz CT molecular complexity index is 1080. The summed E-state index contributed by atoms with van der Waals surface area (Å²) in [4.78, 5) is 0.233. The van der Waals surface area contributed by atoms with Crippen molar-refractivity contribution in [1.29, 1.82) is 0 Å². The molecule has 0 N–H and O–H groups in total. The molecule has 28 heavy (non-hydrogen) atoms. The van der Waals surface area contributed by atoms with Gasteiger partial charge in [0.05, 0.1) is 4.90 Å². The van der Waals surface area contributed by atoms with Gasteiger partial charge >= 0.3 is 0 Å². The zero-order valence-corrected chi connectivity index (χ0v) is 18.1. The molecule has 0 aliphatic heterocycles. The van der Waals surface area contributed by atoms with Crippen LogP contribution < -0.4 is 0 Å². The lowest BCUT2D eigenvalue weighted by molar-refractivity contribution is 0.521. The number of rotatable bonds is 7. The molecule has 0 saturated heterocycles. The van der Waals surface area contributed by atoms with Crippen LogP contribution in [0.25, 0.3) is 17.1 Å². The zero-order valence-electron chi connectivity index (χ0n) is 16.5. The second kappa shape index (κ2) is 8.46. The maximum atomic E-state index is 12.5. The SMILES string of the molecule is CCCSc1nnc(-c2cccc(S(=O)(=O)N(C)C)c2)n1-c1cccc(C)c1. The lowest BCUT2D eigenvalue weighted by atomic mass is 10.2. The van der Waals surface area contributed by atoms with E-state index in [1.165, 1.54) is 18.4 Å². The Balaban J connectivity index is 2.17. The second-order valence-corrected chi connectivity index (χ2v) is 9.86. The van der Waals surface area contributed by atoms with Crippen LogP contribution in [0.2, 0.25) is 0 Å². The highest BCUT2D eigenvalue weighted by Crippen LogP contribution is 2.30. The first-order chi connectivity index (χ1) is 13.3. The van der Waals surface area contributed by atoms with Gasteiger partial charge in [0.1, 0.15) is 0 Å². The van der Waals surface area contributed by atoms with E-state index < -0.39 is 10.0 Å². The molecule has 1 heterocycles. The summed E-state index contributed by atoms with van der Waals surface area (Å²) >= 11 is 1.64. The Morgan fingerprint density at radius 2 is 1.82 bits per heavy atom. The molecule has 0 spiro atoms. The Morgan fingerprint density at radius 3 is 2.50 bits per heavy atom. The third-order valence-corrected chi connectivity index (χ3v) is 7.15. The minimum atomic E-state index is -3.53. The van der Waals surface area contributed by atoms with E-state index in [4.69, 9.17) is 0 Å². The molecule has 2 aromatic carbocycles. The Labute approximate surface area is 170 Å². The molecule has 6 nitrogen and oxygen atoms in total. The van der Waals surface area contributed by atoms with Crippen molar-refractivity contribution in [2.24, 2.45) is 0 Å². The molecule has 0 atom stereocenters. The number of benzene rings is 2. The van der Waals surface area contributed by atoms with Crippen molar-refractivity contribution in [3.63, 3.8) is 0 Å². The number of nitrogens with zero attached hydrogens (tertiary/aromatic N) is 4. The van der Waals surface area contributed by atoms with Crippen molar-refractivity contribution in [1.82, 2.24) is 19.1 Å². The fourth-order valence-corrected chi connectivity index (χ4v) is 4.50. The van der Waals surface area contributed by atoms with Crippen molar-refractivity contribution < 1.29 is 8.42 Å². The van der Waals surface area contributed by atoms with Gasteiger partial charge in [0, 0.05) is 31.1 Å². The summed E-state index contributed by atoms with van der Waals surface area (Å²) in [5.41, 5.74) is 2.80. The first-order valence-electron chi connectivity index (χ1n) is 9.03. The van der Waals surface area contributed by atoms with Gasteiger partial charge in [-0.3, -0.25) is 4.57 Å². The Morgan fingerprint density at radius 1 is 1.07 bits per heavy atom. The van der Waals surface area contributed by atoms with Gasteiger partial charge in [0.2, 0.25) is 10.0 Å². The van der Waals surface area contributed by atoms with Crippen molar-refractivity contribution in [3.05, 3.63) is 54.1 Å². The van der Waals surface area contributed by atoms with Crippen LogP contribution in [0.1, 0.15) is 18.9 Å². The van der Waals surface area contributed by atoms with Crippen LogP contribution in [-0.2, 0) is 10.0 Å². The predicted octanol–water partition coefficient (Wildman–Crippen LogP) is 4.00. The van der Waals surface area contributed by atoms with Gasteiger partial charge < -0.3 is 0 Å². The molecular formula is C20H24N4O2S2. The third kappa shape index (κ3) is 4.14. The number of hydrogen-bond donors (Lipinski definition) is 0. The van der Waals surface area contributed by atoms with E-state index in [2.05, 4.69) is 23.2 Å². The molecule has 3 rings (SSSR count). The average molecular weight is 417 g/mol. The first-order valence-corrected chi connectivity index (χ1v) is 11.5. The monoisotopic (exact) mass is 416 g/mol. The average Bonchev–Trinajstić information content (AvgIpc) is 3.10. The molecule has 1 aromatic heterocycles. The van der Waals surface area contributed by atoms with Crippen molar-refractivity contribution in [2.45, 2.75) is 30.3 Å². The van der Waals surface area contributed by atoms with E-state index in [1.807, 2.05) is 35.8 Å². The highest BCUT2D eigenvalue weighted by Gasteiger charge is 2.21. The lowest BCUT2D eigenvalue weighted by Crippen LogP contribution is -2.22. The minimum Gasteiger partial charge on any atom is -0.270 e. The minimum absolute atomic E-state index is 0.233. The normalized spacial score (nSPS) is 11.9. The lowest BCUT2D eigenvalue weighted by Gasteiger charge is -2.13. The van der Waals surface area contributed by atoms with Gasteiger partial charge in [-0.2, -0.15) is 0 Å². The van der Waals surface area contributed by atoms with E-state index in [1.54, 1.807) is 30.0 Å². The molecule has 148 valence electrons. The molecule has 0 radical (unpaired) electrons. The highest BCUT2D eigenvalue weighted by molar-refractivity contribution is 7.99. The van der Waals surface area contributed by atoms with Crippen molar-refractivity contribution >= 4 is 21.8 Å². The first kappa shape index (κ1) is 20.6. The van der Waals surface area contributed by atoms with E-state index in [-0.39, 0.29) is 4.90 Å². The standard InChI is InChI=1S/C20H24N4O2S2/c1-5-12-27-20-22-21-19(24(20)17-10-6-8-15(2)13-17)16-9-7-11-18(14-16)28(25,26)23(3)4/h6-11,13-14H,5,12H2,1-4H3. The fourth-order valence-electron chi connectivity index (χ4n) is 2.75. The zero-order chi connectivity index (χ0) is 20.3. The van der Waals surface area contributed by atoms with Crippen LogP contribution in [0.15, 0.2) is 58.6 Å². The van der Waals surface area contributed by atoms with E-state index in [0.29, 0.717) is 11.4 Å². The summed E-state index contributed by atoms with van der Waals surface area (Å²) in [5.74, 6) is 1.55. The molecule has 3 aromatic rings. The molecular weight excluding hydrogens is 392 g/mol.